The first-order valence-corrected chi connectivity index (χ1v) is 3.21. The molecular weight excluding hydrogens is 162 g/mol. The van der Waals surface area contributed by atoms with Gasteiger partial charge in [-0.25, -0.2) is 0 Å². The molecule has 1 heterocycles. The molecule has 11 heavy (non-hydrogen) atoms. The summed E-state index contributed by atoms with van der Waals surface area (Å²) >= 11 is 0. The molecule has 3 N–H and O–H groups in total. The van der Waals surface area contributed by atoms with E-state index >= 15 is 0 Å². The van der Waals surface area contributed by atoms with Gasteiger partial charge in [-0.1, -0.05) is 6.07 Å². The first kappa shape index (κ1) is 10.4. The van der Waals surface area contributed by atoms with Crippen LogP contribution in [0.4, 0.5) is 0 Å². The lowest BCUT2D eigenvalue weighted by Crippen LogP contribution is -2.26. The van der Waals surface area contributed by atoms with Crippen LogP contribution < -0.4 is 11.3 Å². The van der Waals surface area contributed by atoms with Crippen molar-refractivity contribution >= 4 is 12.4 Å². The molecule has 1 aromatic rings. The van der Waals surface area contributed by atoms with Crippen LogP contribution in [0.3, 0.4) is 0 Å². The summed E-state index contributed by atoms with van der Waals surface area (Å²) in [5.41, 5.74) is 3.58. The van der Waals surface area contributed by atoms with Gasteiger partial charge >= 0.3 is 0 Å². The molecule has 0 bridgehead atoms. The van der Waals surface area contributed by atoms with E-state index in [0.717, 1.165) is 5.69 Å². The third kappa shape index (κ3) is 2.84. The predicted octanol–water partition coefficient (Wildman–Crippen LogP) is 1.03. The number of aromatic nitrogens is 1. The van der Waals surface area contributed by atoms with Gasteiger partial charge < -0.3 is 0 Å². The molecule has 0 saturated heterocycles. The molecule has 0 radical (unpaired) electrons. The van der Waals surface area contributed by atoms with E-state index in [4.69, 9.17) is 5.84 Å². The van der Waals surface area contributed by atoms with Crippen molar-refractivity contribution in [3.63, 3.8) is 0 Å². The predicted molar refractivity (Wildman–Crippen MR) is 47.2 cm³/mol. The van der Waals surface area contributed by atoms with Crippen LogP contribution in [0, 0.1) is 0 Å². The molecule has 4 heteroatoms. The van der Waals surface area contributed by atoms with Gasteiger partial charge in [0.05, 0.1) is 11.7 Å². The number of hydrazine groups is 1. The standard InChI is InChI=1S/C7H11N3.ClH/c1-6(10-8)7-4-2-3-5-9-7;/h2-6,10H,8H2,1H3;1H. The number of halogens is 1. The van der Waals surface area contributed by atoms with Crippen molar-refractivity contribution in [2.45, 2.75) is 13.0 Å². The zero-order valence-corrected chi connectivity index (χ0v) is 7.14. The molecule has 0 aliphatic carbocycles. The molecule has 3 nitrogen and oxygen atoms in total. The lowest BCUT2D eigenvalue weighted by atomic mass is 10.2. The smallest absolute Gasteiger partial charge is 0.0604 e. The maximum atomic E-state index is 5.21. The zero-order chi connectivity index (χ0) is 7.40. The van der Waals surface area contributed by atoms with Crippen molar-refractivity contribution in [3.8, 4) is 0 Å². The van der Waals surface area contributed by atoms with Gasteiger partial charge in [0.25, 0.3) is 0 Å². The minimum atomic E-state index is 0. The van der Waals surface area contributed by atoms with Crippen LogP contribution in [0.25, 0.3) is 0 Å². The summed E-state index contributed by atoms with van der Waals surface area (Å²) in [7, 11) is 0. The van der Waals surface area contributed by atoms with Crippen molar-refractivity contribution in [2.24, 2.45) is 5.84 Å². The molecule has 0 spiro atoms. The highest BCUT2D eigenvalue weighted by molar-refractivity contribution is 5.85. The van der Waals surface area contributed by atoms with Crippen LogP contribution in [0.15, 0.2) is 24.4 Å². The van der Waals surface area contributed by atoms with Crippen LogP contribution in [-0.4, -0.2) is 4.98 Å². The minimum absolute atomic E-state index is 0. The number of rotatable bonds is 2. The fourth-order valence-electron chi connectivity index (χ4n) is 0.717. The van der Waals surface area contributed by atoms with E-state index < -0.39 is 0 Å². The molecule has 0 aliphatic heterocycles. The largest absolute Gasteiger partial charge is 0.271 e. The van der Waals surface area contributed by atoms with Gasteiger partial charge in [-0.05, 0) is 19.1 Å². The second-order valence-corrected chi connectivity index (χ2v) is 2.14. The molecule has 1 atom stereocenters. The Morgan fingerprint density at radius 1 is 1.55 bits per heavy atom. The maximum Gasteiger partial charge on any atom is 0.0604 e. The van der Waals surface area contributed by atoms with Gasteiger partial charge in [-0.15, -0.1) is 12.4 Å². The minimum Gasteiger partial charge on any atom is -0.271 e. The van der Waals surface area contributed by atoms with E-state index in [1.54, 1.807) is 6.20 Å². The highest BCUT2D eigenvalue weighted by atomic mass is 35.5. The summed E-state index contributed by atoms with van der Waals surface area (Å²) in [5, 5.41) is 0. The molecule has 0 aliphatic rings. The number of pyridine rings is 1. The molecule has 1 rings (SSSR count). The van der Waals surface area contributed by atoms with Crippen LogP contribution in [0.1, 0.15) is 18.7 Å². The number of nitrogens with two attached hydrogens (primary N) is 1. The van der Waals surface area contributed by atoms with E-state index in [1.165, 1.54) is 0 Å². The summed E-state index contributed by atoms with van der Waals surface area (Å²) in [6.07, 6.45) is 1.75. The van der Waals surface area contributed by atoms with E-state index in [-0.39, 0.29) is 18.4 Å². The van der Waals surface area contributed by atoms with Crippen molar-refractivity contribution in [2.75, 3.05) is 0 Å². The van der Waals surface area contributed by atoms with Gasteiger partial charge in [0.2, 0.25) is 0 Å². The Kier molecular flexibility index (Phi) is 4.77. The third-order valence-electron chi connectivity index (χ3n) is 1.38. The lowest BCUT2D eigenvalue weighted by Gasteiger charge is -2.07. The Morgan fingerprint density at radius 2 is 2.27 bits per heavy atom. The number of hydrogen-bond donors (Lipinski definition) is 2. The monoisotopic (exact) mass is 173 g/mol. The third-order valence-corrected chi connectivity index (χ3v) is 1.38. The summed E-state index contributed by atoms with van der Waals surface area (Å²) in [6.45, 7) is 1.96. The Bertz CT molecular complexity index is 190. The Labute approximate surface area is 72.4 Å². The molecule has 1 aromatic heterocycles. The fourth-order valence-corrected chi connectivity index (χ4v) is 0.717. The molecule has 0 fully saturated rings. The Balaban J connectivity index is 0.000001000. The lowest BCUT2D eigenvalue weighted by molar-refractivity contribution is 0.587. The maximum absolute atomic E-state index is 5.21. The Morgan fingerprint density at radius 3 is 2.73 bits per heavy atom. The number of nitrogens with one attached hydrogen (secondary N) is 1. The van der Waals surface area contributed by atoms with Gasteiger partial charge in [0, 0.05) is 6.20 Å². The van der Waals surface area contributed by atoms with Gasteiger partial charge in [0.1, 0.15) is 0 Å². The normalized spacial score (nSPS) is 11.8. The van der Waals surface area contributed by atoms with Crippen LogP contribution >= 0.6 is 12.4 Å². The van der Waals surface area contributed by atoms with Crippen molar-refractivity contribution in [3.05, 3.63) is 30.1 Å². The second kappa shape index (κ2) is 5.07. The van der Waals surface area contributed by atoms with Crippen LogP contribution in [0.5, 0.6) is 0 Å². The first-order chi connectivity index (χ1) is 4.84. The fraction of sp³-hybridized carbons (Fsp3) is 0.286. The molecular formula is C7H12ClN3. The zero-order valence-electron chi connectivity index (χ0n) is 6.32. The van der Waals surface area contributed by atoms with Gasteiger partial charge in [-0.3, -0.25) is 16.3 Å². The average Bonchev–Trinajstić information content (AvgIpc) is 2.05. The molecule has 0 amide bonds. The summed E-state index contributed by atoms with van der Waals surface area (Å²) in [4.78, 5) is 4.11. The highest BCUT2D eigenvalue weighted by Gasteiger charge is 2.00. The quantitative estimate of drug-likeness (QED) is 0.519. The van der Waals surface area contributed by atoms with Crippen molar-refractivity contribution < 1.29 is 0 Å². The van der Waals surface area contributed by atoms with Gasteiger partial charge in [-0.2, -0.15) is 0 Å². The topological polar surface area (TPSA) is 50.9 Å². The molecule has 0 aromatic carbocycles. The summed E-state index contributed by atoms with van der Waals surface area (Å²) < 4.78 is 0. The summed E-state index contributed by atoms with van der Waals surface area (Å²) in [5.74, 6) is 5.21. The summed E-state index contributed by atoms with van der Waals surface area (Å²) in [6, 6.07) is 5.88. The van der Waals surface area contributed by atoms with Crippen LogP contribution in [0.2, 0.25) is 0 Å². The average molecular weight is 174 g/mol. The number of nitrogens with zero attached hydrogens (tertiary/aromatic N) is 1. The van der Waals surface area contributed by atoms with E-state index in [1.807, 2.05) is 25.1 Å². The Hall–Kier alpha value is -0.640. The first-order valence-electron chi connectivity index (χ1n) is 3.21. The highest BCUT2D eigenvalue weighted by Crippen LogP contribution is 2.04. The van der Waals surface area contributed by atoms with Crippen molar-refractivity contribution in [1.29, 1.82) is 0 Å². The number of hydrogen-bond acceptors (Lipinski definition) is 3. The van der Waals surface area contributed by atoms with Gasteiger partial charge in [0.15, 0.2) is 0 Å². The molecule has 62 valence electrons. The van der Waals surface area contributed by atoms with E-state index in [0.29, 0.717) is 0 Å². The molecule has 0 saturated carbocycles. The second-order valence-electron chi connectivity index (χ2n) is 2.14. The van der Waals surface area contributed by atoms with Crippen LogP contribution in [-0.2, 0) is 0 Å². The van der Waals surface area contributed by atoms with E-state index in [9.17, 15) is 0 Å². The van der Waals surface area contributed by atoms with E-state index in [2.05, 4.69) is 10.4 Å². The molecule has 1 unspecified atom stereocenters. The van der Waals surface area contributed by atoms with Crippen molar-refractivity contribution in [1.82, 2.24) is 10.4 Å². The SMILES string of the molecule is CC(NN)c1ccccn1.Cl.